The van der Waals surface area contributed by atoms with E-state index in [4.69, 9.17) is 5.73 Å². The molecular weight excluding hydrogens is 352 g/mol. The molecule has 0 aromatic carbocycles. The zero-order valence-electron chi connectivity index (χ0n) is 15.9. The number of nitrogens with one attached hydrogen (secondary N) is 1. The second-order valence-electron chi connectivity index (χ2n) is 7.51. The van der Waals surface area contributed by atoms with E-state index >= 15 is 0 Å². The molecule has 0 radical (unpaired) electrons. The lowest BCUT2D eigenvalue weighted by molar-refractivity contribution is 0.409. The lowest BCUT2D eigenvalue weighted by atomic mass is 9.92. The largest absolute Gasteiger partial charge is 0.350 e. The maximum atomic E-state index is 5.99. The normalized spacial score (nSPS) is 20.1. The van der Waals surface area contributed by atoms with Crippen molar-refractivity contribution in [1.82, 2.24) is 29.0 Å². The number of anilines is 1. The standard InChI is InChI=1S/C20H24N8/c1-2-16-10-24-20-23-9-13(12-27(16)20)17-7-8-28-18(17)11-22-19(26-28)25-15-5-3-14(21)4-6-15/h7-12,14-15H,2-6,21H2,1H3,(H,25,26)/t14-,15+. The van der Waals surface area contributed by atoms with Crippen molar-refractivity contribution in [1.29, 1.82) is 0 Å². The van der Waals surface area contributed by atoms with Gasteiger partial charge in [0.2, 0.25) is 11.7 Å². The number of nitrogens with two attached hydrogens (primary N) is 1. The van der Waals surface area contributed by atoms with E-state index in [2.05, 4.69) is 44.6 Å². The number of aryl methyl sites for hydroxylation is 1. The van der Waals surface area contributed by atoms with Gasteiger partial charge in [-0.25, -0.2) is 19.5 Å². The average molecular weight is 376 g/mol. The molecule has 0 unspecified atom stereocenters. The molecule has 8 heteroatoms. The van der Waals surface area contributed by atoms with Crippen LogP contribution in [0, 0.1) is 0 Å². The molecule has 0 saturated heterocycles. The van der Waals surface area contributed by atoms with Crippen molar-refractivity contribution < 1.29 is 0 Å². The average Bonchev–Trinajstić information content (AvgIpc) is 3.32. The van der Waals surface area contributed by atoms with Crippen LogP contribution in [0.1, 0.15) is 38.3 Å². The van der Waals surface area contributed by atoms with Crippen molar-refractivity contribution in [3.05, 3.63) is 42.7 Å². The molecular formula is C20H24N8. The van der Waals surface area contributed by atoms with Gasteiger partial charge >= 0.3 is 0 Å². The first-order valence-corrected chi connectivity index (χ1v) is 9.90. The molecule has 4 heterocycles. The third kappa shape index (κ3) is 2.99. The summed E-state index contributed by atoms with van der Waals surface area (Å²) < 4.78 is 3.92. The van der Waals surface area contributed by atoms with Gasteiger partial charge in [-0.3, -0.25) is 4.40 Å². The molecule has 0 atom stereocenters. The number of imidazole rings is 1. The second-order valence-corrected chi connectivity index (χ2v) is 7.51. The first-order chi connectivity index (χ1) is 13.7. The van der Waals surface area contributed by atoms with Crippen LogP contribution in [0.25, 0.3) is 22.4 Å². The summed E-state index contributed by atoms with van der Waals surface area (Å²) in [5.41, 5.74) is 10.2. The van der Waals surface area contributed by atoms with Crippen molar-refractivity contribution in [3.63, 3.8) is 0 Å². The van der Waals surface area contributed by atoms with Crippen LogP contribution in [0.3, 0.4) is 0 Å². The fourth-order valence-corrected chi connectivity index (χ4v) is 3.98. The van der Waals surface area contributed by atoms with Crippen LogP contribution in [-0.2, 0) is 6.42 Å². The Labute approximate surface area is 162 Å². The molecule has 5 rings (SSSR count). The summed E-state index contributed by atoms with van der Waals surface area (Å²) in [6.45, 7) is 2.12. The quantitative estimate of drug-likeness (QED) is 0.568. The fourth-order valence-electron chi connectivity index (χ4n) is 3.98. The molecule has 144 valence electrons. The fraction of sp³-hybridized carbons (Fsp3) is 0.400. The molecule has 3 N–H and O–H groups in total. The van der Waals surface area contributed by atoms with E-state index in [0.29, 0.717) is 18.0 Å². The summed E-state index contributed by atoms with van der Waals surface area (Å²) in [5, 5.41) is 8.10. The molecule has 4 aromatic heterocycles. The highest BCUT2D eigenvalue weighted by Gasteiger charge is 2.19. The maximum absolute atomic E-state index is 5.99. The summed E-state index contributed by atoms with van der Waals surface area (Å²) in [7, 11) is 0. The van der Waals surface area contributed by atoms with Crippen molar-refractivity contribution in [2.75, 3.05) is 5.32 Å². The number of hydrogen-bond donors (Lipinski definition) is 2. The summed E-state index contributed by atoms with van der Waals surface area (Å²) in [4.78, 5) is 13.4. The van der Waals surface area contributed by atoms with Gasteiger partial charge in [-0.1, -0.05) is 6.92 Å². The monoisotopic (exact) mass is 376 g/mol. The molecule has 0 amide bonds. The van der Waals surface area contributed by atoms with Crippen molar-refractivity contribution in [2.45, 2.75) is 51.1 Å². The van der Waals surface area contributed by atoms with Gasteiger partial charge in [-0.15, -0.1) is 5.10 Å². The predicted molar refractivity (Wildman–Crippen MR) is 108 cm³/mol. The molecule has 1 aliphatic carbocycles. The van der Waals surface area contributed by atoms with Gasteiger partial charge in [-0.2, -0.15) is 0 Å². The van der Waals surface area contributed by atoms with Crippen LogP contribution >= 0.6 is 0 Å². The Bertz CT molecular complexity index is 1120. The number of fused-ring (bicyclic) bond motifs is 2. The third-order valence-electron chi connectivity index (χ3n) is 5.64. The minimum absolute atomic E-state index is 0.336. The lowest BCUT2D eigenvalue weighted by Gasteiger charge is -2.26. The highest BCUT2D eigenvalue weighted by Crippen LogP contribution is 2.26. The van der Waals surface area contributed by atoms with Crippen molar-refractivity contribution in [2.24, 2.45) is 5.73 Å². The smallest absolute Gasteiger partial charge is 0.241 e. The van der Waals surface area contributed by atoms with E-state index in [-0.39, 0.29) is 0 Å². The van der Waals surface area contributed by atoms with Gasteiger partial charge in [0.1, 0.15) is 0 Å². The highest BCUT2D eigenvalue weighted by atomic mass is 15.3. The van der Waals surface area contributed by atoms with Crippen LogP contribution in [0.4, 0.5) is 5.95 Å². The Morgan fingerprint density at radius 3 is 2.75 bits per heavy atom. The molecule has 0 spiro atoms. The number of aromatic nitrogens is 6. The Morgan fingerprint density at radius 1 is 1.11 bits per heavy atom. The van der Waals surface area contributed by atoms with Crippen molar-refractivity contribution in [3.8, 4) is 11.1 Å². The minimum Gasteiger partial charge on any atom is -0.350 e. The van der Waals surface area contributed by atoms with Crippen LogP contribution in [0.5, 0.6) is 0 Å². The van der Waals surface area contributed by atoms with Crippen LogP contribution in [0.15, 0.2) is 37.1 Å². The summed E-state index contributed by atoms with van der Waals surface area (Å²) in [6, 6.07) is 2.79. The molecule has 0 aliphatic heterocycles. The Morgan fingerprint density at radius 2 is 1.93 bits per heavy atom. The molecule has 8 nitrogen and oxygen atoms in total. The van der Waals surface area contributed by atoms with E-state index in [1.54, 1.807) is 0 Å². The zero-order valence-corrected chi connectivity index (χ0v) is 15.9. The van der Waals surface area contributed by atoms with Gasteiger partial charge in [-0.05, 0) is 38.2 Å². The first kappa shape index (κ1) is 17.1. The molecule has 0 bridgehead atoms. The van der Waals surface area contributed by atoms with Gasteiger partial charge < -0.3 is 11.1 Å². The highest BCUT2D eigenvalue weighted by molar-refractivity contribution is 5.79. The van der Waals surface area contributed by atoms with Gasteiger partial charge in [0, 0.05) is 47.5 Å². The van der Waals surface area contributed by atoms with E-state index in [0.717, 1.165) is 60.2 Å². The first-order valence-electron chi connectivity index (χ1n) is 9.90. The predicted octanol–water partition coefficient (Wildman–Crippen LogP) is 2.68. The van der Waals surface area contributed by atoms with Gasteiger partial charge in [0.05, 0.1) is 17.9 Å². The maximum Gasteiger partial charge on any atom is 0.241 e. The lowest BCUT2D eigenvalue weighted by Crippen LogP contribution is -2.33. The number of hydrogen-bond acceptors (Lipinski definition) is 6. The zero-order chi connectivity index (χ0) is 19.1. The summed E-state index contributed by atoms with van der Waals surface area (Å²) in [5.74, 6) is 1.38. The molecule has 4 aromatic rings. The number of nitrogens with zero attached hydrogens (tertiary/aromatic N) is 6. The molecule has 1 fully saturated rings. The number of rotatable bonds is 4. The van der Waals surface area contributed by atoms with Gasteiger partial charge in [0.25, 0.3) is 0 Å². The topological polar surface area (TPSA) is 98.4 Å². The summed E-state index contributed by atoms with van der Waals surface area (Å²) in [6.07, 6.45) is 14.8. The SMILES string of the molecule is CCc1cnc2ncc(-c3ccn4nc(N[C@H]5CC[C@@H](N)CC5)ncc34)cn12. The molecule has 1 saturated carbocycles. The van der Waals surface area contributed by atoms with Crippen LogP contribution in [-0.4, -0.2) is 41.1 Å². The summed E-state index contributed by atoms with van der Waals surface area (Å²) >= 11 is 0. The Kier molecular flexibility index (Phi) is 4.20. The minimum atomic E-state index is 0.336. The Balaban J connectivity index is 1.45. The third-order valence-corrected chi connectivity index (χ3v) is 5.64. The Hall–Kier alpha value is -3.00. The van der Waals surface area contributed by atoms with E-state index in [1.165, 1.54) is 0 Å². The van der Waals surface area contributed by atoms with E-state index < -0.39 is 0 Å². The second kappa shape index (κ2) is 6.87. The van der Waals surface area contributed by atoms with Crippen LogP contribution in [0.2, 0.25) is 0 Å². The van der Waals surface area contributed by atoms with E-state index in [1.807, 2.05) is 33.7 Å². The van der Waals surface area contributed by atoms with Gasteiger partial charge in [0.15, 0.2) is 0 Å². The van der Waals surface area contributed by atoms with E-state index in [9.17, 15) is 0 Å². The van der Waals surface area contributed by atoms with Crippen LogP contribution < -0.4 is 11.1 Å². The molecule has 28 heavy (non-hydrogen) atoms. The molecule has 1 aliphatic rings. The van der Waals surface area contributed by atoms with Crippen molar-refractivity contribution >= 4 is 17.2 Å².